The fourth-order valence-corrected chi connectivity index (χ4v) is 2.86. The zero-order valence-electron chi connectivity index (χ0n) is 16.1. The number of carbonyl (C=O) groups is 3. The average Bonchev–Trinajstić information content (AvgIpc) is 2.68. The van der Waals surface area contributed by atoms with Crippen LogP contribution in [0.15, 0.2) is 60.7 Å². The second-order valence-corrected chi connectivity index (χ2v) is 7.11. The van der Waals surface area contributed by atoms with E-state index >= 15 is 0 Å². The number of hydrogen-bond donors (Lipinski definition) is 3. The van der Waals surface area contributed by atoms with E-state index in [2.05, 4.69) is 10.6 Å². The van der Waals surface area contributed by atoms with Crippen molar-refractivity contribution in [3.8, 4) is 0 Å². The van der Waals surface area contributed by atoms with Crippen molar-refractivity contribution < 1.29 is 19.5 Å². The minimum absolute atomic E-state index is 0.105. The van der Waals surface area contributed by atoms with Crippen molar-refractivity contribution in [3.63, 3.8) is 0 Å². The monoisotopic (exact) mass is 382 g/mol. The summed E-state index contributed by atoms with van der Waals surface area (Å²) in [6.45, 7) is 3.78. The Morgan fingerprint density at radius 1 is 0.857 bits per heavy atom. The Balaban J connectivity index is 2.17. The minimum atomic E-state index is -1.09. The summed E-state index contributed by atoms with van der Waals surface area (Å²) in [6, 6.07) is 16.0. The molecule has 0 radical (unpaired) electrons. The second kappa shape index (κ2) is 10.3. The number of nitrogens with one attached hydrogen (secondary N) is 2. The van der Waals surface area contributed by atoms with Crippen LogP contribution in [0.1, 0.15) is 36.2 Å². The average molecular weight is 382 g/mol. The number of amides is 2. The molecule has 0 aliphatic heterocycles. The van der Waals surface area contributed by atoms with E-state index in [-0.39, 0.29) is 18.2 Å². The molecule has 148 valence electrons. The van der Waals surface area contributed by atoms with Crippen LogP contribution in [0.2, 0.25) is 0 Å². The maximum absolute atomic E-state index is 12.8. The molecule has 0 saturated heterocycles. The van der Waals surface area contributed by atoms with Gasteiger partial charge in [0.2, 0.25) is 5.91 Å². The topological polar surface area (TPSA) is 95.5 Å². The summed E-state index contributed by atoms with van der Waals surface area (Å²) < 4.78 is 0. The van der Waals surface area contributed by atoms with Crippen LogP contribution in [0.3, 0.4) is 0 Å². The van der Waals surface area contributed by atoms with Crippen LogP contribution in [0.4, 0.5) is 0 Å². The summed E-state index contributed by atoms with van der Waals surface area (Å²) in [6.07, 6.45) is 0.574. The van der Waals surface area contributed by atoms with Gasteiger partial charge in [-0.05, 0) is 30.0 Å². The number of carbonyl (C=O) groups excluding carboxylic acids is 2. The van der Waals surface area contributed by atoms with Gasteiger partial charge in [-0.1, -0.05) is 62.4 Å². The molecule has 0 heterocycles. The first kappa shape index (κ1) is 21.2. The zero-order chi connectivity index (χ0) is 20.5. The van der Waals surface area contributed by atoms with E-state index in [1.807, 2.05) is 44.2 Å². The highest BCUT2D eigenvalue weighted by atomic mass is 16.4. The van der Waals surface area contributed by atoms with Crippen LogP contribution in [0.5, 0.6) is 0 Å². The number of hydrogen-bond acceptors (Lipinski definition) is 3. The maximum atomic E-state index is 12.8. The highest BCUT2D eigenvalue weighted by molar-refractivity contribution is 5.98. The maximum Gasteiger partial charge on any atom is 0.326 e. The summed E-state index contributed by atoms with van der Waals surface area (Å²) in [5.41, 5.74) is 1.30. The van der Waals surface area contributed by atoms with Gasteiger partial charge in [0.25, 0.3) is 5.91 Å². The Kier molecular flexibility index (Phi) is 7.75. The van der Waals surface area contributed by atoms with Crippen LogP contribution >= 0.6 is 0 Å². The molecule has 2 unspecified atom stereocenters. The predicted octanol–water partition coefficient (Wildman–Crippen LogP) is 2.64. The van der Waals surface area contributed by atoms with Gasteiger partial charge in [-0.15, -0.1) is 0 Å². The molecule has 0 spiro atoms. The van der Waals surface area contributed by atoms with Crippen molar-refractivity contribution in [1.29, 1.82) is 0 Å². The smallest absolute Gasteiger partial charge is 0.326 e. The van der Waals surface area contributed by atoms with Gasteiger partial charge in [0.1, 0.15) is 12.1 Å². The van der Waals surface area contributed by atoms with Crippen molar-refractivity contribution in [2.45, 2.75) is 38.8 Å². The lowest BCUT2D eigenvalue weighted by atomic mass is 10.0. The van der Waals surface area contributed by atoms with E-state index in [9.17, 15) is 19.5 Å². The summed E-state index contributed by atoms with van der Waals surface area (Å²) in [5, 5.41) is 14.7. The third-order valence-electron chi connectivity index (χ3n) is 4.26. The van der Waals surface area contributed by atoms with Crippen LogP contribution in [0, 0.1) is 5.92 Å². The SMILES string of the molecule is CC(C)CC(NC(=O)C(Cc1ccccc1)NC(=O)c1ccccc1)C(=O)O. The van der Waals surface area contributed by atoms with Gasteiger partial charge >= 0.3 is 5.97 Å². The molecular formula is C22H26N2O4. The molecule has 2 rings (SSSR count). The van der Waals surface area contributed by atoms with Gasteiger partial charge < -0.3 is 15.7 Å². The van der Waals surface area contributed by atoms with E-state index in [1.165, 1.54) is 0 Å². The summed E-state index contributed by atoms with van der Waals surface area (Å²) >= 11 is 0. The summed E-state index contributed by atoms with van der Waals surface area (Å²) in [7, 11) is 0. The number of carboxylic acids is 1. The van der Waals surface area contributed by atoms with Gasteiger partial charge in [0, 0.05) is 12.0 Å². The van der Waals surface area contributed by atoms with Crippen molar-refractivity contribution >= 4 is 17.8 Å². The molecule has 0 aliphatic carbocycles. The highest BCUT2D eigenvalue weighted by Gasteiger charge is 2.27. The molecule has 2 amide bonds. The molecule has 0 aromatic heterocycles. The quantitative estimate of drug-likeness (QED) is 0.621. The Morgan fingerprint density at radius 2 is 1.43 bits per heavy atom. The van der Waals surface area contributed by atoms with Gasteiger partial charge in [0.15, 0.2) is 0 Å². The number of benzene rings is 2. The Bertz CT molecular complexity index is 791. The van der Waals surface area contributed by atoms with Crippen molar-refractivity contribution in [1.82, 2.24) is 10.6 Å². The standard InChI is InChI=1S/C22H26N2O4/c1-15(2)13-19(22(27)28)24-21(26)18(14-16-9-5-3-6-10-16)23-20(25)17-11-7-4-8-12-17/h3-12,15,18-19H,13-14H2,1-2H3,(H,23,25)(H,24,26)(H,27,28). The molecule has 0 bridgehead atoms. The summed E-state index contributed by atoms with van der Waals surface area (Å²) in [4.78, 5) is 36.9. The number of carboxylic acid groups (broad SMARTS) is 1. The van der Waals surface area contributed by atoms with E-state index in [4.69, 9.17) is 0 Å². The summed E-state index contributed by atoms with van der Waals surface area (Å²) in [5.74, 6) is -1.88. The Labute approximate surface area is 165 Å². The molecule has 0 fully saturated rings. The fraction of sp³-hybridized carbons (Fsp3) is 0.318. The van der Waals surface area contributed by atoms with E-state index < -0.39 is 24.0 Å². The molecule has 6 nitrogen and oxygen atoms in total. The lowest BCUT2D eigenvalue weighted by molar-refractivity contribution is -0.142. The lowest BCUT2D eigenvalue weighted by Crippen LogP contribution is -2.52. The van der Waals surface area contributed by atoms with E-state index in [0.717, 1.165) is 5.56 Å². The predicted molar refractivity (Wildman–Crippen MR) is 107 cm³/mol. The molecule has 6 heteroatoms. The second-order valence-electron chi connectivity index (χ2n) is 7.11. The van der Waals surface area contributed by atoms with Crippen LogP contribution in [-0.4, -0.2) is 35.0 Å². The molecule has 0 saturated carbocycles. The highest BCUT2D eigenvalue weighted by Crippen LogP contribution is 2.09. The van der Waals surface area contributed by atoms with Crippen LogP contribution in [-0.2, 0) is 16.0 Å². The molecule has 3 N–H and O–H groups in total. The third kappa shape index (κ3) is 6.54. The minimum Gasteiger partial charge on any atom is -0.480 e. The normalized spacial score (nSPS) is 12.8. The van der Waals surface area contributed by atoms with Crippen LogP contribution < -0.4 is 10.6 Å². The number of rotatable bonds is 9. The van der Waals surface area contributed by atoms with Crippen molar-refractivity contribution in [2.75, 3.05) is 0 Å². The Morgan fingerprint density at radius 3 is 1.96 bits per heavy atom. The van der Waals surface area contributed by atoms with E-state index in [1.54, 1.807) is 30.3 Å². The molecule has 2 aromatic rings. The van der Waals surface area contributed by atoms with Crippen molar-refractivity contribution in [3.05, 3.63) is 71.8 Å². The first-order valence-electron chi connectivity index (χ1n) is 9.30. The van der Waals surface area contributed by atoms with Gasteiger partial charge in [-0.25, -0.2) is 4.79 Å². The first-order valence-corrected chi connectivity index (χ1v) is 9.30. The number of aliphatic carboxylic acids is 1. The Hall–Kier alpha value is -3.15. The van der Waals surface area contributed by atoms with Gasteiger partial charge in [-0.2, -0.15) is 0 Å². The molecule has 28 heavy (non-hydrogen) atoms. The largest absolute Gasteiger partial charge is 0.480 e. The first-order chi connectivity index (χ1) is 13.4. The molecule has 2 atom stereocenters. The molecule has 2 aromatic carbocycles. The molecule has 0 aliphatic rings. The molecular weight excluding hydrogens is 356 g/mol. The third-order valence-corrected chi connectivity index (χ3v) is 4.26. The van der Waals surface area contributed by atoms with Gasteiger partial charge in [0.05, 0.1) is 0 Å². The van der Waals surface area contributed by atoms with Crippen molar-refractivity contribution in [2.24, 2.45) is 5.92 Å². The van der Waals surface area contributed by atoms with Crippen LogP contribution in [0.25, 0.3) is 0 Å². The fourth-order valence-electron chi connectivity index (χ4n) is 2.86. The zero-order valence-corrected chi connectivity index (χ0v) is 16.1. The lowest BCUT2D eigenvalue weighted by Gasteiger charge is -2.22. The van der Waals surface area contributed by atoms with Gasteiger partial charge in [-0.3, -0.25) is 9.59 Å². The van der Waals surface area contributed by atoms with E-state index in [0.29, 0.717) is 12.0 Å².